The van der Waals surface area contributed by atoms with Gasteiger partial charge in [0.15, 0.2) is 17.3 Å². The lowest BCUT2D eigenvalue weighted by Crippen LogP contribution is -2.42. The number of phenols is 1. The Morgan fingerprint density at radius 3 is 2.62 bits per heavy atom. The Balaban J connectivity index is 1.66. The molecule has 4 rings (SSSR count). The number of aromatic nitrogens is 1. The molecule has 34 heavy (non-hydrogen) atoms. The first kappa shape index (κ1) is 24.4. The molecule has 180 valence electrons. The van der Waals surface area contributed by atoms with Gasteiger partial charge in [-0.3, -0.25) is 9.78 Å². The van der Waals surface area contributed by atoms with Crippen molar-refractivity contribution in [2.45, 2.75) is 25.8 Å². The molecule has 2 N–H and O–H groups in total. The summed E-state index contributed by atoms with van der Waals surface area (Å²) in [6.07, 6.45) is 3.58. The lowest BCUT2D eigenvalue weighted by molar-refractivity contribution is 0.101. The van der Waals surface area contributed by atoms with Crippen LogP contribution in [0.3, 0.4) is 0 Å². The number of piperidine rings is 1. The molecule has 0 amide bonds. The van der Waals surface area contributed by atoms with Crippen LogP contribution in [0.5, 0.6) is 5.75 Å². The van der Waals surface area contributed by atoms with Crippen LogP contribution in [0.1, 0.15) is 30.1 Å². The number of likely N-dealkylation sites (N-methyl/N-ethyl adjacent to an activating group) is 1. The molecule has 2 heterocycles. The molecule has 0 saturated carbocycles. The van der Waals surface area contributed by atoms with Gasteiger partial charge in [-0.2, -0.15) is 0 Å². The Hall–Kier alpha value is -2.74. The normalized spacial score (nSPS) is 15.2. The number of halogens is 2. The lowest BCUT2D eigenvalue weighted by Gasteiger charge is -2.34. The second-order valence-corrected chi connectivity index (χ2v) is 9.59. The van der Waals surface area contributed by atoms with E-state index in [9.17, 15) is 14.3 Å². The monoisotopic (exact) mass is 484 g/mol. The summed E-state index contributed by atoms with van der Waals surface area (Å²) in [5.41, 5.74) is 3.30. The highest BCUT2D eigenvalue weighted by molar-refractivity contribution is 6.32. The number of carbonyl (C=O) groups is 1. The molecule has 1 aromatic heterocycles. The number of carbonyl (C=O) groups excluding carboxylic acids is 1. The van der Waals surface area contributed by atoms with E-state index in [1.165, 1.54) is 19.1 Å². The Morgan fingerprint density at radius 2 is 1.97 bits per heavy atom. The van der Waals surface area contributed by atoms with E-state index in [4.69, 9.17) is 11.6 Å². The van der Waals surface area contributed by atoms with Gasteiger partial charge in [0, 0.05) is 43.8 Å². The number of nitrogens with zero attached hydrogens (tertiary/aromatic N) is 3. The van der Waals surface area contributed by atoms with Crippen LogP contribution in [0.4, 0.5) is 10.1 Å². The maximum Gasteiger partial charge on any atom is 0.170 e. The number of likely N-dealkylation sites (tertiary alicyclic amines) is 1. The number of ketones is 1. The molecule has 0 unspecified atom stereocenters. The van der Waals surface area contributed by atoms with Gasteiger partial charge in [0.05, 0.1) is 21.8 Å². The molecule has 0 radical (unpaired) electrons. The Morgan fingerprint density at radius 1 is 1.24 bits per heavy atom. The molecule has 2 aromatic carbocycles. The van der Waals surface area contributed by atoms with Gasteiger partial charge in [0.2, 0.25) is 0 Å². The number of benzene rings is 2. The first-order valence-corrected chi connectivity index (χ1v) is 11.9. The van der Waals surface area contributed by atoms with Crippen molar-refractivity contribution in [3.63, 3.8) is 0 Å². The van der Waals surface area contributed by atoms with Crippen LogP contribution in [-0.2, 0) is 0 Å². The van der Waals surface area contributed by atoms with Crippen molar-refractivity contribution in [1.82, 2.24) is 14.8 Å². The third-order valence-corrected chi connectivity index (χ3v) is 6.69. The third-order valence-electron chi connectivity index (χ3n) is 6.40. The Kier molecular flexibility index (Phi) is 7.36. The minimum Gasteiger partial charge on any atom is -0.504 e. The highest BCUT2D eigenvalue weighted by atomic mass is 35.5. The summed E-state index contributed by atoms with van der Waals surface area (Å²) in [5, 5.41) is 14.1. The van der Waals surface area contributed by atoms with E-state index in [1.807, 2.05) is 18.2 Å². The van der Waals surface area contributed by atoms with Crippen LogP contribution in [0.25, 0.3) is 22.0 Å². The quantitative estimate of drug-likeness (QED) is 0.458. The number of anilines is 1. The molecular weight excluding hydrogens is 455 g/mol. The molecule has 0 spiro atoms. The standard InChI is InChI=1S/C26H30ClFN4O2/c1-16(33)21-15-29-24-5-4-17(18-13-22(27)26(34)23(28)14-18)12-20(24)25(21)30-19-6-8-32(9-7-19)11-10-31(2)3/h4-5,12-15,19,34H,6-11H2,1-3H3,(H,29,30). The number of nitrogens with one attached hydrogen (secondary N) is 1. The number of rotatable bonds is 7. The van der Waals surface area contributed by atoms with Gasteiger partial charge in [0.1, 0.15) is 0 Å². The van der Waals surface area contributed by atoms with E-state index < -0.39 is 11.6 Å². The van der Waals surface area contributed by atoms with Crippen molar-refractivity contribution in [1.29, 1.82) is 0 Å². The molecule has 1 saturated heterocycles. The molecule has 0 aliphatic carbocycles. The van der Waals surface area contributed by atoms with Crippen LogP contribution in [0.2, 0.25) is 5.02 Å². The highest BCUT2D eigenvalue weighted by Crippen LogP contribution is 2.36. The van der Waals surface area contributed by atoms with E-state index in [0.29, 0.717) is 11.1 Å². The van der Waals surface area contributed by atoms with E-state index in [2.05, 4.69) is 34.2 Å². The van der Waals surface area contributed by atoms with E-state index in [-0.39, 0.29) is 16.8 Å². The van der Waals surface area contributed by atoms with Crippen LogP contribution in [0.15, 0.2) is 36.5 Å². The first-order chi connectivity index (χ1) is 16.2. The number of fused-ring (bicyclic) bond motifs is 1. The average Bonchev–Trinajstić information content (AvgIpc) is 2.81. The smallest absolute Gasteiger partial charge is 0.170 e. The Labute approximate surface area is 204 Å². The van der Waals surface area contributed by atoms with Crippen molar-refractivity contribution < 1.29 is 14.3 Å². The summed E-state index contributed by atoms with van der Waals surface area (Å²) in [6.45, 7) is 5.62. The molecule has 1 aliphatic rings. The van der Waals surface area contributed by atoms with Gasteiger partial charge in [0.25, 0.3) is 0 Å². The second-order valence-electron chi connectivity index (χ2n) is 9.19. The summed E-state index contributed by atoms with van der Waals surface area (Å²) in [5.74, 6) is -1.41. The molecular formula is C26H30ClFN4O2. The number of Topliss-reactive ketones (excluding diaryl/α,β-unsaturated/α-hetero) is 1. The summed E-state index contributed by atoms with van der Waals surface area (Å²) in [4.78, 5) is 21.6. The molecule has 0 atom stereocenters. The zero-order valence-electron chi connectivity index (χ0n) is 19.7. The predicted molar refractivity (Wildman–Crippen MR) is 135 cm³/mol. The van der Waals surface area contributed by atoms with Crippen LogP contribution >= 0.6 is 11.6 Å². The summed E-state index contributed by atoms with van der Waals surface area (Å²) < 4.78 is 14.1. The second kappa shape index (κ2) is 10.3. The van der Waals surface area contributed by atoms with Gasteiger partial charge in [-0.15, -0.1) is 0 Å². The topological polar surface area (TPSA) is 68.7 Å². The number of hydrogen-bond donors (Lipinski definition) is 2. The maximum atomic E-state index is 14.1. The van der Waals surface area contributed by atoms with Crippen molar-refractivity contribution >= 4 is 34.0 Å². The average molecular weight is 485 g/mol. The zero-order valence-corrected chi connectivity index (χ0v) is 20.5. The fourth-order valence-corrected chi connectivity index (χ4v) is 4.58. The summed E-state index contributed by atoms with van der Waals surface area (Å²) in [7, 11) is 4.17. The maximum absolute atomic E-state index is 14.1. The third kappa shape index (κ3) is 5.32. The Bertz CT molecular complexity index is 1190. The molecule has 3 aromatic rings. The minimum atomic E-state index is -0.780. The van der Waals surface area contributed by atoms with Gasteiger partial charge < -0.3 is 20.2 Å². The van der Waals surface area contributed by atoms with Crippen molar-refractivity contribution in [3.05, 3.63) is 52.9 Å². The van der Waals surface area contributed by atoms with Gasteiger partial charge in [-0.1, -0.05) is 17.7 Å². The fourth-order valence-electron chi connectivity index (χ4n) is 4.37. The van der Waals surface area contributed by atoms with Gasteiger partial charge >= 0.3 is 0 Å². The molecule has 8 heteroatoms. The van der Waals surface area contributed by atoms with E-state index in [0.717, 1.165) is 61.2 Å². The largest absolute Gasteiger partial charge is 0.504 e. The highest BCUT2D eigenvalue weighted by Gasteiger charge is 2.22. The lowest BCUT2D eigenvalue weighted by atomic mass is 9.98. The molecule has 1 aliphatic heterocycles. The predicted octanol–water partition coefficient (Wildman–Crippen LogP) is 5.04. The van der Waals surface area contributed by atoms with Crippen molar-refractivity contribution in [2.75, 3.05) is 45.6 Å². The van der Waals surface area contributed by atoms with Crippen LogP contribution in [-0.4, -0.2) is 72.0 Å². The number of aromatic hydroxyl groups is 1. The van der Waals surface area contributed by atoms with Crippen molar-refractivity contribution in [3.8, 4) is 16.9 Å². The first-order valence-electron chi connectivity index (χ1n) is 11.5. The number of hydrogen-bond acceptors (Lipinski definition) is 6. The fraction of sp³-hybridized carbons (Fsp3) is 0.385. The molecule has 6 nitrogen and oxygen atoms in total. The minimum absolute atomic E-state index is 0.0508. The van der Waals surface area contributed by atoms with Crippen molar-refractivity contribution in [2.24, 2.45) is 0 Å². The van der Waals surface area contributed by atoms with Crippen LogP contribution < -0.4 is 5.32 Å². The number of pyridine rings is 1. The van der Waals surface area contributed by atoms with Gasteiger partial charge in [-0.25, -0.2) is 4.39 Å². The SMILES string of the molecule is CC(=O)c1cnc2ccc(-c3cc(F)c(O)c(Cl)c3)cc2c1NC1CCN(CCN(C)C)CC1. The molecule has 1 fully saturated rings. The van der Waals surface area contributed by atoms with E-state index in [1.54, 1.807) is 6.20 Å². The summed E-state index contributed by atoms with van der Waals surface area (Å²) >= 11 is 6.00. The number of phenolic OH excluding ortho intramolecular Hbond substituents is 1. The molecule has 0 bridgehead atoms. The van der Waals surface area contributed by atoms with E-state index >= 15 is 0 Å². The van der Waals surface area contributed by atoms with Crippen LogP contribution in [0, 0.1) is 5.82 Å². The zero-order chi connectivity index (χ0) is 24.4. The van der Waals surface area contributed by atoms with Gasteiger partial charge in [-0.05, 0) is 69.3 Å². The summed E-state index contributed by atoms with van der Waals surface area (Å²) in [6, 6.07) is 8.59.